The van der Waals surface area contributed by atoms with E-state index in [1.165, 1.54) is 17.7 Å². The van der Waals surface area contributed by atoms with Crippen LogP contribution in [0.15, 0.2) is 47.5 Å². The first kappa shape index (κ1) is 21.9. The number of aliphatic imine (C=N–C) groups is 1. The highest BCUT2D eigenvalue weighted by atomic mass is 35.5. The SMILES string of the molecule is CN=C(NCc1cccc(CN(C)C)c1)NCc1cc(Cl)ccc1OC(F)F. The number of hydrogen-bond acceptors (Lipinski definition) is 3. The molecule has 0 aliphatic carbocycles. The maximum absolute atomic E-state index is 12.6. The van der Waals surface area contributed by atoms with Crippen LogP contribution in [0.3, 0.4) is 0 Å². The lowest BCUT2D eigenvalue weighted by Crippen LogP contribution is -2.36. The monoisotopic (exact) mass is 410 g/mol. The van der Waals surface area contributed by atoms with Gasteiger partial charge >= 0.3 is 6.61 Å². The standard InChI is InChI=1S/C20H25ClF2N4O/c1-24-20(25-11-14-5-4-6-15(9-14)13-27(2)3)26-12-16-10-17(21)7-8-18(16)28-19(22)23/h4-10,19H,11-13H2,1-3H3,(H2,24,25,26). The van der Waals surface area contributed by atoms with Crippen molar-refractivity contribution < 1.29 is 13.5 Å². The molecule has 2 aromatic carbocycles. The first-order chi connectivity index (χ1) is 13.4. The summed E-state index contributed by atoms with van der Waals surface area (Å²) in [5.74, 6) is 0.625. The van der Waals surface area contributed by atoms with Crippen LogP contribution >= 0.6 is 11.6 Å². The van der Waals surface area contributed by atoms with E-state index in [1.54, 1.807) is 13.1 Å². The van der Waals surface area contributed by atoms with Crippen molar-refractivity contribution in [1.82, 2.24) is 15.5 Å². The molecule has 2 aromatic rings. The second-order valence-corrected chi connectivity index (χ2v) is 6.90. The molecule has 0 fully saturated rings. The summed E-state index contributed by atoms with van der Waals surface area (Å²) in [6, 6.07) is 12.8. The van der Waals surface area contributed by atoms with Gasteiger partial charge in [-0.2, -0.15) is 8.78 Å². The molecule has 8 heteroatoms. The highest BCUT2D eigenvalue weighted by Gasteiger charge is 2.11. The summed E-state index contributed by atoms with van der Waals surface area (Å²) in [7, 11) is 5.70. The maximum atomic E-state index is 12.6. The minimum Gasteiger partial charge on any atom is -0.434 e. The fraction of sp³-hybridized carbons (Fsp3) is 0.350. The molecule has 0 atom stereocenters. The lowest BCUT2D eigenvalue weighted by atomic mass is 10.1. The van der Waals surface area contributed by atoms with E-state index in [-0.39, 0.29) is 12.3 Å². The Bertz CT molecular complexity index is 800. The number of guanidine groups is 1. The van der Waals surface area contributed by atoms with E-state index in [1.807, 2.05) is 26.2 Å². The quantitative estimate of drug-likeness (QED) is 0.512. The normalized spacial score (nSPS) is 11.8. The summed E-state index contributed by atoms with van der Waals surface area (Å²) in [6.45, 7) is -1.21. The van der Waals surface area contributed by atoms with Crippen molar-refractivity contribution in [2.75, 3.05) is 21.1 Å². The van der Waals surface area contributed by atoms with Crippen molar-refractivity contribution in [3.63, 3.8) is 0 Å². The van der Waals surface area contributed by atoms with Gasteiger partial charge < -0.3 is 20.3 Å². The van der Waals surface area contributed by atoms with Gasteiger partial charge in [0.2, 0.25) is 0 Å². The van der Waals surface area contributed by atoms with Crippen molar-refractivity contribution in [3.8, 4) is 5.75 Å². The van der Waals surface area contributed by atoms with E-state index in [2.05, 4.69) is 37.4 Å². The van der Waals surface area contributed by atoms with E-state index in [4.69, 9.17) is 11.6 Å². The molecule has 0 saturated heterocycles. The summed E-state index contributed by atoms with van der Waals surface area (Å²) >= 11 is 5.97. The van der Waals surface area contributed by atoms with Gasteiger partial charge in [-0.3, -0.25) is 4.99 Å². The number of rotatable bonds is 8. The molecule has 2 N–H and O–H groups in total. The lowest BCUT2D eigenvalue weighted by molar-refractivity contribution is -0.0504. The Morgan fingerprint density at radius 3 is 2.50 bits per heavy atom. The molecule has 0 aromatic heterocycles. The van der Waals surface area contributed by atoms with E-state index in [9.17, 15) is 8.78 Å². The maximum Gasteiger partial charge on any atom is 0.387 e. The topological polar surface area (TPSA) is 48.9 Å². The van der Waals surface area contributed by atoms with Crippen molar-refractivity contribution in [2.24, 2.45) is 4.99 Å². The van der Waals surface area contributed by atoms with Gasteiger partial charge in [-0.05, 0) is 43.4 Å². The first-order valence-corrected chi connectivity index (χ1v) is 9.15. The molecule has 0 saturated carbocycles. The Hall–Kier alpha value is -2.38. The molecule has 5 nitrogen and oxygen atoms in total. The Labute approximate surface area is 169 Å². The summed E-state index contributed by atoms with van der Waals surface area (Å²) in [5.41, 5.74) is 2.86. The summed E-state index contributed by atoms with van der Waals surface area (Å²) in [4.78, 5) is 6.27. The fourth-order valence-electron chi connectivity index (χ4n) is 2.69. The highest BCUT2D eigenvalue weighted by molar-refractivity contribution is 6.30. The summed E-state index contributed by atoms with van der Waals surface area (Å²) in [5, 5.41) is 6.75. The molecule has 0 spiro atoms. The van der Waals surface area contributed by atoms with Crippen LogP contribution in [-0.2, 0) is 19.6 Å². The molecule has 0 unspecified atom stereocenters. The molecular weight excluding hydrogens is 386 g/mol. The Kier molecular flexibility index (Phi) is 8.47. The fourth-order valence-corrected chi connectivity index (χ4v) is 2.88. The molecule has 0 radical (unpaired) electrons. The molecule has 2 rings (SSSR count). The van der Waals surface area contributed by atoms with Crippen LogP contribution in [0.25, 0.3) is 0 Å². The minimum atomic E-state index is -2.90. The number of ether oxygens (including phenoxy) is 1. The van der Waals surface area contributed by atoms with Crippen molar-refractivity contribution in [3.05, 3.63) is 64.2 Å². The predicted molar refractivity (Wildman–Crippen MR) is 109 cm³/mol. The lowest BCUT2D eigenvalue weighted by Gasteiger charge is -2.15. The second kappa shape index (κ2) is 10.8. The largest absolute Gasteiger partial charge is 0.434 e. The first-order valence-electron chi connectivity index (χ1n) is 8.77. The van der Waals surface area contributed by atoms with Crippen molar-refractivity contribution >= 4 is 17.6 Å². The Morgan fingerprint density at radius 2 is 1.82 bits per heavy atom. The zero-order valence-electron chi connectivity index (χ0n) is 16.2. The van der Waals surface area contributed by atoms with Gasteiger partial charge in [0.05, 0.1) is 0 Å². The highest BCUT2D eigenvalue weighted by Crippen LogP contribution is 2.24. The van der Waals surface area contributed by atoms with E-state index < -0.39 is 6.61 Å². The molecule has 0 amide bonds. The zero-order valence-corrected chi connectivity index (χ0v) is 16.9. The molecule has 152 valence electrons. The second-order valence-electron chi connectivity index (χ2n) is 6.47. The third kappa shape index (κ3) is 7.32. The molecule has 0 aliphatic rings. The number of nitrogens with one attached hydrogen (secondary N) is 2. The Balaban J connectivity index is 1.96. The number of hydrogen-bond donors (Lipinski definition) is 2. The van der Waals surface area contributed by atoms with Crippen LogP contribution in [-0.4, -0.2) is 38.6 Å². The van der Waals surface area contributed by atoms with Gasteiger partial charge in [0.25, 0.3) is 0 Å². The molecule has 0 aliphatic heterocycles. The molecule has 0 bridgehead atoms. The third-order valence-corrected chi connectivity index (χ3v) is 4.09. The van der Waals surface area contributed by atoms with Crippen molar-refractivity contribution in [1.29, 1.82) is 0 Å². The summed E-state index contributed by atoms with van der Waals surface area (Å²) in [6.07, 6.45) is 0. The minimum absolute atomic E-state index is 0.0822. The summed E-state index contributed by atoms with van der Waals surface area (Å²) < 4.78 is 29.7. The number of alkyl halides is 2. The third-order valence-electron chi connectivity index (χ3n) is 3.86. The average molecular weight is 411 g/mol. The van der Waals surface area contributed by atoms with E-state index >= 15 is 0 Å². The smallest absolute Gasteiger partial charge is 0.387 e. The van der Waals surface area contributed by atoms with E-state index in [0.717, 1.165) is 12.1 Å². The van der Waals surface area contributed by atoms with Gasteiger partial charge in [-0.1, -0.05) is 35.9 Å². The Morgan fingerprint density at radius 1 is 1.11 bits per heavy atom. The van der Waals surface area contributed by atoms with Gasteiger partial charge in [-0.15, -0.1) is 0 Å². The van der Waals surface area contributed by atoms with Crippen LogP contribution in [0.2, 0.25) is 5.02 Å². The number of benzene rings is 2. The van der Waals surface area contributed by atoms with Crippen LogP contribution in [0, 0.1) is 0 Å². The number of halogens is 3. The molecular formula is C20H25ClF2N4O. The molecule has 0 heterocycles. The van der Waals surface area contributed by atoms with Gasteiger partial charge in [0, 0.05) is 37.3 Å². The van der Waals surface area contributed by atoms with Crippen molar-refractivity contribution in [2.45, 2.75) is 26.2 Å². The zero-order chi connectivity index (χ0) is 20.5. The van der Waals surface area contributed by atoms with Crippen LogP contribution < -0.4 is 15.4 Å². The van der Waals surface area contributed by atoms with Crippen LogP contribution in [0.1, 0.15) is 16.7 Å². The number of nitrogens with zero attached hydrogens (tertiary/aromatic N) is 2. The van der Waals surface area contributed by atoms with Crippen LogP contribution in [0.5, 0.6) is 5.75 Å². The van der Waals surface area contributed by atoms with Crippen LogP contribution in [0.4, 0.5) is 8.78 Å². The average Bonchev–Trinajstić information content (AvgIpc) is 2.63. The van der Waals surface area contributed by atoms with E-state index in [0.29, 0.717) is 23.1 Å². The predicted octanol–water partition coefficient (Wildman–Crippen LogP) is 3.87. The van der Waals surface area contributed by atoms with Gasteiger partial charge in [-0.25, -0.2) is 0 Å². The molecule has 28 heavy (non-hydrogen) atoms. The van der Waals surface area contributed by atoms with Gasteiger partial charge in [0.1, 0.15) is 5.75 Å². The van der Waals surface area contributed by atoms with Gasteiger partial charge in [0.15, 0.2) is 5.96 Å².